The number of piperidine rings is 1. The van der Waals surface area contributed by atoms with Gasteiger partial charge in [0.25, 0.3) is 5.91 Å². The van der Waals surface area contributed by atoms with E-state index in [0.29, 0.717) is 45.1 Å². The molecule has 0 spiro atoms. The molecule has 0 bridgehead atoms. The molecule has 11 heteroatoms. The van der Waals surface area contributed by atoms with Gasteiger partial charge in [0, 0.05) is 30.4 Å². The van der Waals surface area contributed by atoms with E-state index in [0.717, 1.165) is 24.1 Å². The summed E-state index contributed by atoms with van der Waals surface area (Å²) in [5.41, 5.74) is 3.38. The number of amides is 1. The van der Waals surface area contributed by atoms with E-state index < -0.39 is 10.0 Å². The van der Waals surface area contributed by atoms with Gasteiger partial charge in [-0.1, -0.05) is 73.4 Å². The third kappa shape index (κ3) is 6.21. The number of carbonyl (C=O) groups excluding carboxylic acids is 1. The van der Waals surface area contributed by atoms with Crippen LogP contribution in [0.2, 0.25) is 0 Å². The maximum absolute atomic E-state index is 13.6. The highest BCUT2D eigenvalue weighted by Crippen LogP contribution is 2.36. The molecule has 43 heavy (non-hydrogen) atoms. The Labute approximate surface area is 260 Å². The monoisotopic (exact) mass is 632 g/mol. The van der Waals surface area contributed by atoms with E-state index in [2.05, 4.69) is 6.92 Å². The molecule has 3 heterocycles. The van der Waals surface area contributed by atoms with Crippen molar-refractivity contribution in [3.05, 3.63) is 107 Å². The lowest BCUT2D eigenvalue weighted by atomic mass is 10.0. The van der Waals surface area contributed by atoms with Gasteiger partial charge in [-0.3, -0.25) is 9.69 Å². The zero-order valence-electron chi connectivity index (χ0n) is 23.4. The Hall–Kier alpha value is -3.64. The summed E-state index contributed by atoms with van der Waals surface area (Å²) >= 11 is 6.72. The molecule has 4 aromatic rings. The van der Waals surface area contributed by atoms with Crippen molar-refractivity contribution in [3.63, 3.8) is 0 Å². The molecular weight excluding hydrogens is 604 g/mol. The first kappa shape index (κ1) is 29.4. The van der Waals surface area contributed by atoms with E-state index in [4.69, 9.17) is 17.3 Å². The van der Waals surface area contributed by atoms with Gasteiger partial charge in [0.1, 0.15) is 15.8 Å². The Bertz CT molecular complexity index is 1820. The summed E-state index contributed by atoms with van der Waals surface area (Å²) in [6.07, 6.45) is 5.43. The first-order valence-electron chi connectivity index (χ1n) is 13.9. The number of nitrogens with zero attached hydrogens (tertiary/aromatic N) is 4. The number of halogens is 1. The molecular formula is C32H29FN4O3S3. The standard InChI is InChI=1S/C32H29FN4O3S3/c1-22-7-6-16-35(19-22)43(39,40)28-11-5-8-24(17-28)30-25(21-37(34-30)27-9-3-2-4-10-27)18-29-31(38)36(32(41)42-29)20-23-12-14-26(33)15-13-23/h2-5,8-15,17-18,21-22H,6-7,16,19-20H2,1H3/b29-18-. The molecule has 3 aromatic carbocycles. The van der Waals surface area contributed by atoms with Gasteiger partial charge in [0.05, 0.1) is 22.0 Å². The van der Waals surface area contributed by atoms with Crippen LogP contribution in [-0.2, 0) is 21.4 Å². The number of hydrogen-bond donors (Lipinski definition) is 0. The van der Waals surface area contributed by atoms with Crippen molar-refractivity contribution < 1.29 is 17.6 Å². The first-order valence-corrected chi connectivity index (χ1v) is 16.6. The molecule has 1 atom stereocenters. The van der Waals surface area contributed by atoms with Crippen molar-refractivity contribution in [1.29, 1.82) is 0 Å². The predicted molar refractivity (Wildman–Crippen MR) is 171 cm³/mol. The van der Waals surface area contributed by atoms with Gasteiger partial charge in [-0.05, 0) is 66.8 Å². The number of hydrogen-bond acceptors (Lipinski definition) is 6. The highest BCUT2D eigenvalue weighted by Gasteiger charge is 2.33. The van der Waals surface area contributed by atoms with Gasteiger partial charge in [-0.2, -0.15) is 9.40 Å². The van der Waals surface area contributed by atoms with Crippen molar-refractivity contribution in [2.45, 2.75) is 31.2 Å². The molecule has 0 N–H and O–H groups in total. The number of carbonyl (C=O) groups is 1. The Kier molecular flexibility index (Phi) is 8.32. The van der Waals surface area contributed by atoms with E-state index in [1.807, 2.05) is 42.6 Å². The molecule has 7 nitrogen and oxygen atoms in total. The van der Waals surface area contributed by atoms with Crippen molar-refractivity contribution in [3.8, 4) is 16.9 Å². The third-order valence-electron chi connectivity index (χ3n) is 7.54. The van der Waals surface area contributed by atoms with E-state index in [9.17, 15) is 17.6 Å². The highest BCUT2D eigenvalue weighted by atomic mass is 32.2. The summed E-state index contributed by atoms with van der Waals surface area (Å²) in [6.45, 7) is 3.31. The lowest BCUT2D eigenvalue weighted by Gasteiger charge is -2.30. The van der Waals surface area contributed by atoms with E-state index >= 15 is 0 Å². The number of thiocarbonyl (C=S) groups is 1. The number of para-hydroxylation sites is 1. The summed E-state index contributed by atoms with van der Waals surface area (Å²) in [6, 6.07) is 22.4. The molecule has 2 aliphatic rings. The molecule has 0 radical (unpaired) electrons. The normalized spacial score (nSPS) is 19.0. The van der Waals surface area contributed by atoms with Crippen LogP contribution in [0.4, 0.5) is 4.39 Å². The lowest BCUT2D eigenvalue weighted by molar-refractivity contribution is -0.122. The number of rotatable bonds is 7. The van der Waals surface area contributed by atoms with Crippen LogP contribution >= 0.6 is 24.0 Å². The summed E-state index contributed by atoms with van der Waals surface area (Å²) in [5.74, 6) is -0.297. The zero-order valence-corrected chi connectivity index (χ0v) is 25.8. The summed E-state index contributed by atoms with van der Waals surface area (Å²) < 4.78 is 44.3. The maximum atomic E-state index is 13.6. The maximum Gasteiger partial charge on any atom is 0.266 e. The molecule has 1 aromatic heterocycles. The van der Waals surface area contributed by atoms with Crippen LogP contribution in [0.3, 0.4) is 0 Å². The molecule has 2 saturated heterocycles. The minimum absolute atomic E-state index is 0.213. The number of thioether (sulfide) groups is 1. The van der Waals surface area contributed by atoms with E-state index in [-0.39, 0.29) is 23.2 Å². The van der Waals surface area contributed by atoms with Crippen LogP contribution in [-0.4, -0.2) is 50.7 Å². The molecule has 6 rings (SSSR count). The van der Waals surface area contributed by atoms with E-state index in [1.165, 1.54) is 28.8 Å². The highest BCUT2D eigenvalue weighted by molar-refractivity contribution is 8.26. The molecule has 0 saturated carbocycles. The Morgan fingerprint density at radius 1 is 1.07 bits per heavy atom. The van der Waals surface area contributed by atoms with Crippen molar-refractivity contribution >= 4 is 50.3 Å². The number of sulfonamides is 1. The average molecular weight is 633 g/mol. The molecule has 220 valence electrons. The minimum Gasteiger partial charge on any atom is -0.288 e. The fraction of sp³-hybridized carbons (Fsp3) is 0.219. The van der Waals surface area contributed by atoms with E-state index in [1.54, 1.807) is 45.4 Å². The van der Waals surface area contributed by atoms with Gasteiger partial charge >= 0.3 is 0 Å². The van der Waals surface area contributed by atoms with Crippen LogP contribution in [0.5, 0.6) is 0 Å². The largest absolute Gasteiger partial charge is 0.288 e. The van der Waals surface area contributed by atoms with Gasteiger partial charge in [0.2, 0.25) is 10.0 Å². The Morgan fingerprint density at radius 3 is 2.58 bits per heavy atom. The second-order valence-corrected chi connectivity index (χ2v) is 14.4. The second-order valence-electron chi connectivity index (χ2n) is 10.7. The molecule has 2 fully saturated rings. The summed E-state index contributed by atoms with van der Waals surface area (Å²) in [7, 11) is -3.68. The Morgan fingerprint density at radius 2 is 1.84 bits per heavy atom. The minimum atomic E-state index is -3.68. The summed E-state index contributed by atoms with van der Waals surface area (Å²) in [5, 5.41) is 4.84. The fourth-order valence-corrected chi connectivity index (χ4v) is 8.19. The first-order chi connectivity index (χ1) is 20.7. The predicted octanol–water partition coefficient (Wildman–Crippen LogP) is 6.50. The van der Waals surface area contributed by atoms with Gasteiger partial charge in [-0.15, -0.1) is 0 Å². The quantitative estimate of drug-likeness (QED) is 0.171. The average Bonchev–Trinajstić information content (AvgIpc) is 3.55. The molecule has 1 unspecified atom stereocenters. The lowest BCUT2D eigenvalue weighted by Crippen LogP contribution is -2.39. The van der Waals surface area contributed by atoms with Gasteiger partial charge in [0.15, 0.2) is 0 Å². The summed E-state index contributed by atoms with van der Waals surface area (Å²) in [4.78, 5) is 15.6. The Balaban J connectivity index is 1.37. The molecule has 1 amide bonds. The fourth-order valence-electron chi connectivity index (χ4n) is 5.30. The number of benzene rings is 3. The van der Waals surface area contributed by atoms with Crippen LogP contribution in [0.15, 0.2) is 94.9 Å². The van der Waals surface area contributed by atoms with Crippen LogP contribution in [0, 0.1) is 11.7 Å². The van der Waals surface area contributed by atoms with Crippen molar-refractivity contribution in [2.24, 2.45) is 5.92 Å². The molecule has 0 aliphatic carbocycles. The van der Waals surface area contributed by atoms with Crippen molar-refractivity contribution in [1.82, 2.24) is 19.0 Å². The van der Waals surface area contributed by atoms with Crippen LogP contribution < -0.4 is 0 Å². The topological polar surface area (TPSA) is 75.5 Å². The third-order valence-corrected chi connectivity index (χ3v) is 10.8. The van der Waals surface area contributed by atoms with Gasteiger partial charge in [-0.25, -0.2) is 17.5 Å². The van der Waals surface area contributed by atoms with Crippen LogP contribution in [0.25, 0.3) is 23.0 Å². The van der Waals surface area contributed by atoms with Crippen molar-refractivity contribution in [2.75, 3.05) is 13.1 Å². The zero-order chi connectivity index (χ0) is 30.1. The smallest absolute Gasteiger partial charge is 0.266 e. The molecule has 2 aliphatic heterocycles. The van der Waals surface area contributed by atoms with Gasteiger partial charge < -0.3 is 0 Å². The second kappa shape index (κ2) is 12.2. The van der Waals surface area contributed by atoms with Crippen LogP contribution in [0.1, 0.15) is 30.9 Å². The SMILES string of the molecule is CC1CCCN(S(=O)(=O)c2cccc(-c3nn(-c4ccccc4)cc3/C=C3\SC(=S)N(Cc4ccc(F)cc4)C3=O)c2)C1. The number of aromatic nitrogens is 2.